The predicted molar refractivity (Wildman–Crippen MR) is 72.7 cm³/mol. The Morgan fingerprint density at radius 3 is 2.45 bits per heavy atom. The van der Waals surface area contributed by atoms with Crippen molar-refractivity contribution in [1.82, 2.24) is 4.90 Å². The summed E-state index contributed by atoms with van der Waals surface area (Å²) >= 11 is 0. The van der Waals surface area contributed by atoms with Gasteiger partial charge in [0.2, 0.25) is 5.91 Å². The average molecular weight is 280 g/mol. The van der Waals surface area contributed by atoms with E-state index >= 15 is 0 Å². The molecule has 3 nitrogen and oxygen atoms in total. The summed E-state index contributed by atoms with van der Waals surface area (Å²) in [6.07, 6.45) is 3.06. The number of anilines is 1. The molecule has 5 heteroatoms. The van der Waals surface area contributed by atoms with Crippen LogP contribution in [0.15, 0.2) is 12.1 Å². The molecule has 0 radical (unpaired) electrons. The molecule has 0 atom stereocenters. The number of likely N-dealkylation sites (tertiary alicyclic amines) is 1. The van der Waals surface area contributed by atoms with Crippen LogP contribution in [0.25, 0.3) is 0 Å². The van der Waals surface area contributed by atoms with E-state index in [1.807, 2.05) is 9.80 Å². The second-order valence-electron chi connectivity index (χ2n) is 5.46. The third-order valence-electron chi connectivity index (χ3n) is 4.14. The Balaban J connectivity index is 1.74. The van der Waals surface area contributed by atoms with Crippen LogP contribution in [0.5, 0.6) is 0 Å². The summed E-state index contributed by atoms with van der Waals surface area (Å²) in [5, 5.41) is 0. The summed E-state index contributed by atoms with van der Waals surface area (Å²) in [5.74, 6) is -0.806. The highest BCUT2D eigenvalue weighted by atomic mass is 19.1. The van der Waals surface area contributed by atoms with Crippen molar-refractivity contribution in [1.29, 1.82) is 0 Å². The molecular formula is C15H18F2N2O. The summed E-state index contributed by atoms with van der Waals surface area (Å²) in [5.41, 5.74) is 1.26. The monoisotopic (exact) mass is 280 g/mol. The minimum absolute atomic E-state index is 0.188. The van der Waals surface area contributed by atoms with Crippen molar-refractivity contribution in [3.63, 3.8) is 0 Å². The van der Waals surface area contributed by atoms with E-state index in [-0.39, 0.29) is 5.91 Å². The minimum Gasteiger partial charge on any atom is -0.369 e. The highest BCUT2D eigenvalue weighted by Gasteiger charge is 2.24. The first-order chi connectivity index (χ1) is 9.65. The van der Waals surface area contributed by atoms with Crippen molar-refractivity contribution in [2.45, 2.75) is 25.7 Å². The Morgan fingerprint density at radius 1 is 1.00 bits per heavy atom. The van der Waals surface area contributed by atoms with Crippen molar-refractivity contribution in [2.75, 3.05) is 31.1 Å². The second kappa shape index (κ2) is 5.38. The molecule has 1 amide bonds. The maximum atomic E-state index is 13.8. The molecule has 0 saturated carbocycles. The minimum atomic E-state index is -0.537. The molecule has 1 aromatic carbocycles. The van der Waals surface area contributed by atoms with Crippen molar-refractivity contribution in [3.8, 4) is 0 Å². The number of rotatable bonds is 3. The average Bonchev–Trinajstić information content (AvgIpc) is 2.82. The fourth-order valence-electron chi connectivity index (χ4n) is 3.10. The van der Waals surface area contributed by atoms with Crippen molar-refractivity contribution >= 4 is 11.6 Å². The summed E-state index contributed by atoms with van der Waals surface area (Å²) in [6, 6.07) is 2.36. The summed E-state index contributed by atoms with van der Waals surface area (Å²) in [7, 11) is 0. The van der Waals surface area contributed by atoms with E-state index in [1.54, 1.807) is 0 Å². The number of fused-ring (bicyclic) bond motifs is 1. The van der Waals surface area contributed by atoms with Gasteiger partial charge in [-0.1, -0.05) is 0 Å². The molecule has 108 valence electrons. The van der Waals surface area contributed by atoms with Crippen LogP contribution in [-0.2, 0) is 11.2 Å². The molecule has 0 spiro atoms. The number of hydrogen-bond donors (Lipinski definition) is 0. The zero-order chi connectivity index (χ0) is 14.1. The van der Waals surface area contributed by atoms with Crippen molar-refractivity contribution in [2.24, 2.45) is 0 Å². The van der Waals surface area contributed by atoms with Gasteiger partial charge in [0.05, 0.1) is 0 Å². The fraction of sp³-hybridized carbons (Fsp3) is 0.533. The molecule has 2 aliphatic heterocycles. The maximum absolute atomic E-state index is 13.8. The standard InChI is InChI=1S/C15H18F2N2O/c16-11-9-13(17)12-3-1-5-18(14(12)10-11)7-8-19-6-2-4-15(19)20/h9-10H,1-8H2. The largest absolute Gasteiger partial charge is 0.369 e. The van der Waals surface area contributed by atoms with Gasteiger partial charge in [0, 0.05) is 49.9 Å². The van der Waals surface area contributed by atoms with E-state index in [2.05, 4.69) is 0 Å². The molecule has 0 aromatic heterocycles. The van der Waals surface area contributed by atoms with Crippen LogP contribution in [0.2, 0.25) is 0 Å². The van der Waals surface area contributed by atoms with Crippen LogP contribution in [-0.4, -0.2) is 37.0 Å². The number of hydrogen-bond acceptors (Lipinski definition) is 2. The first-order valence-electron chi connectivity index (χ1n) is 7.16. The number of carbonyl (C=O) groups is 1. The Morgan fingerprint density at radius 2 is 1.70 bits per heavy atom. The Bertz CT molecular complexity index is 533. The zero-order valence-corrected chi connectivity index (χ0v) is 11.4. The fourth-order valence-corrected chi connectivity index (χ4v) is 3.10. The quantitative estimate of drug-likeness (QED) is 0.848. The molecule has 0 bridgehead atoms. The van der Waals surface area contributed by atoms with E-state index in [0.29, 0.717) is 37.2 Å². The third kappa shape index (κ3) is 2.49. The van der Waals surface area contributed by atoms with Crippen molar-refractivity contribution in [3.05, 3.63) is 29.3 Å². The van der Waals surface area contributed by atoms with Crippen LogP contribution >= 0.6 is 0 Å². The molecule has 0 unspecified atom stereocenters. The molecule has 2 heterocycles. The lowest BCUT2D eigenvalue weighted by Crippen LogP contribution is -2.38. The van der Waals surface area contributed by atoms with Gasteiger partial charge in [-0.05, 0) is 25.3 Å². The molecule has 0 N–H and O–H groups in total. The lowest BCUT2D eigenvalue weighted by atomic mass is 10.0. The van der Waals surface area contributed by atoms with E-state index in [9.17, 15) is 13.6 Å². The van der Waals surface area contributed by atoms with Gasteiger partial charge in [0.1, 0.15) is 11.6 Å². The number of halogens is 2. The van der Waals surface area contributed by atoms with Crippen LogP contribution < -0.4 is 4.90 Å². The number of carbonyl (C=O) groups excluding carboxylic acids is 1. The molecule has 20 heavy (non-hydrogen) atoms. The summed E-state index contributed by atoms with van der Waals surface area (Å²) < 4.78 is 27.2. The zero-order valence-electron chi connectivity index (χ0n) is 11.4. The first kappa shape index (κ1) is 13.3. The van der Waals surface area contributed by atoms with Gasteiger partial charge in [-0.2, -0.15) is 0 Å². The predicted octanol–water partition coefficient (Wildman–Crippen LogP) is 2.34. The lowest BCUT2D eigenvalue weighted by molar-refractivity contribution is -0.127. The highest BCUT2D eigenvalue weighted by molar-refractivity contribution is 5.78. The highest BCUT2D eigenvalue weighted by Crippen LogP contribution is 2.30. The number of amides is 1. The molecule has 0 aliphatic carbocycles. The summed E-state index contributed by atoms with van der Waals surface area (Å²) in [6.45, 7) is 2.87. The second-order valence-corrected chi connectivity index (χ2v) is 5.46. The maximum Gasteiger partial charge on any atom is 0.222 e. The molecule has 1 saturated heterocycles. The molecule has 1 fully saturated rings. The third-order valence-corrected chi connectivity index (χ3v) is 4.14. The lowest BCUT2D eigenvalue weighted by Gasteiger charge is -2.32. The van der Waals surface area contributed by atoms with Gasteiger partial charge in [-0.25, -0.2) is 8.78 Å². The number of nitrogens with zero attached hydrogens (tertiary/aromatic N) is 2. The SMILES string of the molecule is O=C1CCCN1CCN1CCCc2c(F)cc(F)cc21. The van der Waals surface area contributed by atoms with Crippen LogP contribution in [0, 0.1) is 11.6 Å². The van der Waals surface area contributed by atoms with Gasteiger partial charge in [0.15, 0.2) is 0 Å². The summed E-state index contributed by atoms with van der Waals surface area (Å²) in [4.78, 5) is 15.4. The smallest absolute Gasteiger partial charge is 0.222 e. The Labute approximate surface area is 117 Å². The van der Waals surface area contributed by atoms with Gasteiger partial charge in [0.25, 0.3) is 0 Å². The first-order valence-corrected chi connectivity index (χ1v) is 7.16. The van der Waals surface area contributed by atoms with E-state index in [1.165, 1.54) is 6.07 Å². The molecule has 3 rings (SSSR count). The van der Waals surface area contributed by atoms with Gasteiger partial charge < -0.3 is 9.80 Å². The van der Waals surface area contributed by atoms with E-state index in [0.717, 1.165) is 32.0 Å². The Hall–Kier alpha value is -1.65. The van der Waals surface area contributed by atoms with E-state index in [4.69, 9.17) is 0 Å². The molecular weight excluding hydrogens is 262 g/mol. The van der Waals surface area contributed by atoms with Gasteiger partial charge in [-0.3, -0.25) is 4.79 Å². The molecule has 2 aliphatic rings. The van der Waals surface area contributed by atoms with Gasteiger partial charge >= 0.3 is 0 Å². The van der Waals surface area contributed by atoms with Crippen molar-refractivity contribution < 1.29 is 13.6 Å². The Kier molecular flexibility index (Phi) is 3.59. The number of benzene rings is 1. The van der Waals surface area contributed by atoms with Crippen LogP contribution in [0.4, 0.5) is 14.5 Å². The topological polar surface area (TPSA) is 23.6 Å². The van der Waals surface area contributed by atoms with Crippen LogP contribution in [0.3, 0.4) is 0 Å². The molecule has 1 aromatic rings. The normalized spacial score (nSPS) is 18.6. The van der Waals surface area contributed by atoms with Crippen LogP contribution in [0.1, 0.15) is 24.8 Å². The van der Waals surface area contributed by atoms with Gasteiger partial charge in [-0.15, -0.1) is 0 Å². The van der Waals surface area contributed by atoms with E-state index < -0.39 is 11.6 Å².